The number of likely N-dealkylation sites (tertiary alicyclic amines) is 1. The first-order valence-electron chi connectivity index (χ1n) is 5.67. The van der Waals surface area contributed by atoms with Crippen LogP contribution in [0.3, 0.4) is 0 Å². The third kappa shape index (κ3) is 1.48. The smallest absolute Gasteiger partial charge is 0.170 e. The van der Waals surface area contributed by atoms with E-state index in [1.165, 1.54) is 12.8 Å². The highest BCUT2D eigenvalue weighted by molar-refractivity contribution is 5.97. The van der Waals surface area contributed by atoms with Gasteiger partial charge in [-0.15, -0.1) is 0 Å². The Hall–Kier alpha value is -1.77. The lowest BCUT2D eigenvalue weighted by Gasteiger charge is -2.15. The summed E-state index contributed by atoms with van der Waals surface area (Å²) in [5.41, 5.74) is 0.862. The Bertz CT molecular complexity index is 490. The molecule has 16 heavy (non-hydrogen) atoms. The summed E-state index contributed by atoms with van der Waals surface area (Å²) in [6, 6.07) is 9.85. The maximum absolute atomic E-state index is 8.09. The van der Waals surface area contributed by atoms with Crippen LogP contribution in [0, 0.1) is 5.41 Å². The monoisotopic (exact) mass is 214 g/mol. The van der Waals surface area contributed by atoms with Gasteiger partial charge in [-0.05, 0) is 25.0 Å². The van der Waals surface area contributed by atoms with Gasteiger partial charge >= 0.3 is 0 Å². The molecule has 0 spiro atoms. The fraction of sp³-hybridized carbons (Fsp3) is 0.308. The van der Waals surface area contributed by atoms with E-state index in [1.807, 2.05) is 30.3 Å². The normalized spacial score (nSPS) is 15.9. The number of hydrogen-bond donors (Lipinski definition) is 1. The summed E-state index contributed by atoms with van der Waals surface area (Å²) in [6.07, 6.45) is 2.37. The fourth-order valence-electron chi connectivity index (χ4n) is 2.20. The summed E-state index contributed by atoms with van der Waals surface area (Å²) in [7, 11) is 0. The van der Waals surface area contributed by atoms with Crippen LogP contribution in [0.5, 0.6) is 0 Å². The zero-order valence-corrected chi connectivity index (χ0v) is 9.07. The molecule has 0 amide bonds. The molecule has 1 fully saturated rings. The number of hydrogen-bond acceptors (Lipinski definition) is 2. The topological polar surface area (TPSA) is 40.2 Å². The zero-order chi connectivity index (χ0) is 11.0. The third-order valence-corrected chi connectivity index (χ3v) is 3.08. The number of furan rings is 1. The van der Waals surface area contributed by atoms with Crippen molar-refractivity contribution in [2.24, 2.45) is 0 Å². The standard InChI is InChI=1S/C13H14N2O/c14-13(15-7-3-4-8-15)12-9-10-5-1-2-6-11(10)16-12/h1-2,5-6,9,14H,3-4,7-8H2. The predicted molar refractivity (Wildman–Crippen MR) is 63.8 cm³/mol. The SMILES string of the molecule is N=C(c1cc2ccccc2o1)N1CCCC1. The lowest BCUT2D eigenvalue weighted by atomic mass is 10.2. The summed E-state index contributed by atoms with van der Waals surface area (Å²) in [6.45, 7) is 1.96. The highest BCUT2D eigenvalue weighted by Crippen LogP contribution is 2.21. The Morgan fingerprint density at radius 1 is 1.19 bits per heavy atom. The minimum atomic E-state index is 0.522. The molecule has 0 radical (unpaired) electrons. The minimum Gasteiger partial charge on any atom is -0.453 e. The van der Waals surface area contributed by atoms with Gasteiger partial charge in [-0.1, -0.05) is 18.2 Å². The molecule has 0 saturated carbocycles. The van der Waals surface area contributed by atoms with Crippen LogP contribution in [-0.4, -0.2) is 23.8 Å². The number of fused-ring (bicyclic) bond motifs is 1. The van der Waals surface area contributed by atoms with Gasteiger partial charge in [0.1, 0.15) is 5.58 Å². The van der Waals surface area contributed by atoms with E-state index < -0.39 is 0 Å². The van der Waals surface area contributed by atoms with E-state index in [0.29, 0.717) is 11.6 Å². The summed E-state index contributed by atoms with van der Waals surface area (Å²) in [5.74, 6) is 1.21. The summed E-state index contributed by atoms with van der Waals surface area (Å²) in [4.78, 5) is 2.08. The van der Waals surface area contributed by atoms with Crippen molar-refractivity contribution in [2.45, 2.75) is 12.8 Å². The minimum absolute atomic E-state index is 0.522. The van der Waals surface area contributed by atoms with Gasteiger partial charge in [0, 0.05) is 18.5 Å². The lowest BCUT2D eigenvalue weighted by molar-refractivity contribution is 0.493. The molecule has 3 rings (SSSR count). The quantitative estimate of drug-likeness (QED) is 0.585. The van der Waals surface area contributed by atoms with E-state index >= 15 is 0 Å². The van der Waals surface area contributed by atoms with Crippen molar-refractivity contribution in [3.05, 3.63) is 36.1 Å². The Morgan fingerprint density at radius 3 is 2.69 bits per heavy atom. The summed E-state index contributed by atoms with van der Waals surface area (Å²) < 4.78 is 5.68. The highest BCUT2D eigenvalue weighted by atomic mass is 16.3. The fourth-order valence-corrected chi connectivity index (χ4v) is 2.20. The van der Waals surface area contributed by atoms with Crippen molar-refractivity contribution in [3.63, 3.8) is 0 Å². The molecule has 0 unspecified atom stereocenters. The first-order chi connectivity index (χ1) is 7.84. The molecule has 3 nitrogen and oxygen atoms in total. The first-order valence-corrected chi connectivity index (χ1v) is 5.67. The number of benzene rings is 1. The Kier molecular flexibility index (Phi) is 2.17. The highest BCUT2D eigenvalue weighted by Gasteiger charge is 2.19. The number of nitrogens with zero attached hydrogens (tertiary/aromatic N) is 1. The maximum atomic E-state index is 8.09. The largest absolute Gasteiger partial charge is 0.453 e. The molecule has 0 aliphatic carbocycles. The van der Waals surface area contributed by atoms with Crippen LogP contribution >= 0.6 is 0 Å². The molecule has 1 saturated heterocycles. The van der Waals surface area contributed by atoms with Gasteiger partial charge in [-0.3, -0.25) is 5.41 Å². The summed E-state index contributed by atoms with van der Waals surface area (Å²) in [5, 5.41) is 9.16. The molecular formula is C13H14N2O. The molecule has 1 aliphatic rings. The van der Waals surface area contributed by atoms with Crippen LogP contribution in [0.4, 0.5) is 0 Å². The third-order valence-electron chi connectivity index (χ3n) is 3.08. The van der Waals surface area contributed by atoms with E-state index in [4.69, 9.17) is 9.83 Å². The number of amidine groups is 1. The number of nitrogens with one attached hydrogen (secondary N) is 1. The van der Waals surface area contributed by atoms with Crippen LogP contribution in [0.1, 0.15) is 18.6 Å². The van der Waals surface area contributed by atoms with Crippen LogP contribution in [0.25, 0.3) is 11.0 Å². The average Bonchev–Trinajstić information content (AvgIpc) is 2.97. The molecule has 1 aromatic heterocycles. The van der Waals surface area contributed by atoms with Gasteiger partial charge in [-0.2, -0.15) is 0 Å². The average molecular weight is 214 g/mol. The van der Waals surface area contributed by atoms with Crippen LogP contribution < -0.4 is 0 Å². The van der Waals surface area contributed by atoms with Crippen LogP contribution in [0.15, 0.2) is 34.7 Å². The van der Waals surface area contributed by atoms with Gasteiger partial charge in [-0.25, -0.2) is 0 Å². The van der Waals surface area contributed by atoms with Gasteiger partial charge < -0.3 is 9.32 Å². The predicted octanol–water partition coefficient (Wildman–Crippen LogP) is 2.85. The van der Waals surface area contributed by atoms with E-state index in [9.17, 15) is 0 Å². The van der Waals surface area contributed by atoms with Crippen molar-refractivity contribution >= 4 is 16.8 Å². The van der Waals surface area contributed by atoms with Crippen LogP contribution in [-0.2, 0) is 0 Å². The molecule has 1 aromatic carbocycles. The second-order valence-corrected chi connectivity index (χ2v) is 4.19. The van der Waals surface area contributed by atoms with Gasteiger partial charge in [0.2, 0.25) is 0 Å². The second-order valence-electron chi connectivity index (χ2n) is 4.19. The van der Waals surface area contributed by atoms with E-state index in [1.54, 1.807) is 0 Å². The molecule has 1 aliphatic heterocycles. The Balaban J connectivity index is 1.96. The second kappa shape index (κ2) is 3.67. The Labute approximate surface area is 94.2 Å². The molecule has 0 bridgehead atoms. The van der Waals surface area contributed by atoms with Crippen LogP contribution in [0.2, 0.25) is 0 Å². The van der Waals surface area contributed by atoms with Gasteiger partial charge in [0.05, 0.1) is 0 Å². The van der Waals surface area contributed by atoms with Gasteiger partial charge in [0.15, 0.2) is 11.6 Å². The molecule has 3 heteroatoms. The molecular weight excluding hydrogens is 200 g/mol. The number of para-hydroxylation sites is 1. The first kappa shape index (κ1) is 9.46. The van der Waals surface area contributed by atoms with Crippen molar-refractivity contribution in [3.8, 4) is 0 Å². The van der Waals surface area contributed by atoms with E-state index in [2.05, 4.69) is 4.90 Å². The molecule has 82 valence electrons. The number of rotatable bonds is 1. The molecule has 1 N–H and O–H groups in total. The van der Waals surface area contributed by atoms with E-state index in [-0.39, 0.29) is 0 Å². The molecule has 2 heterocycles. The van der Waals surface area contributed by atoms with Crippen molar-refractivity contribution in [2.75, 3.05) is 13.1 Å². The van der Waals surface area contributed by atoms with Crippen molar-refractivity contribution in [1.29, 1.82) is 5.41 Å². The van der Waals surface area contributed by atoms with Gasteiger partial charge in [0.25, 0.3) is 0 Å². The molecule has 0 atom stereocenters. The Morgan fingerprint density at radius 2 is 1.94 bits per heavy atom. The summed E-state index contributed by atoms with van der Waals surface area (Å²) >= 11 is 0. The van der Waals surface area contributed by atoms with Crippen molar-refractivity contribution in [1.82, 2.24) is 4.90 Å². The van der Waals surface area contributed by atoms with Crippen molar-refractivity contribution < 1.29 is 4.42 Å². The van der Waals surface area contributed by atoms with E-state index in [0.717, 1.165) is 24.1 Å². The lowest BCUT2D eigenvalue weighted by Crippen LogP contribution is -2.27. The maximum Gasteiger partial charge on any atom is 0.170 e. The molecule has 2 aromatic rings. The zero-order valence-electron chi connectivity index (χ0n) is 9.07.